The van der Waals surface area contributed by atoms with Crippen molar-refractivity contribution in [1.82, 2.24) is 4.90 Å². The molecule has 1 aromatic rings. The van der Waals surface area contributed by atoms with Crippen LogP contribution in [0, 0.1) is 0 Å². The molecule has 1 aliphatic rings. The van der Waals surface area contributed by atoms with E-state index in [2.05, 4.69) is 0 Å². The highest BCUT2D eigenvalue weighted by molar-refractivity contribution is 6.32. The first kappa shape index (κ1) is 15.4. The van der Waals surface area contributed by atoms with Gasteiger partial charge >= 0.3 is 0 Å². The Morgan fingerprint density at radius 1 is 1.10 bits per heavy atom. The molecule has 112 valence electrons. The fourth-order valence-electron chi connectivity index (χ4n) is 2.19. The normalized spacial score (nSPS) is 14.4. The molecular formula is C14H20ClNO4. The molecule has 0 atom stereocenters. The largest absolute Gasteiger partial charge is 0.489 e. The molecule has 20 heavy (non-hydrogen) atoms. The fraction of sp³-hybridized carbons (Fsp3) is 0.571. The zero-order valence-corrected chi connectivity index (χ0v) is 12.1. The van der Waals surface area contributed by atoms with E-state index in [-0.39, 0.29) is 13.2 Å². The van der Waals surface area contributed by atoms with Gasteiger partial charge in [0.2, 0.25) is 0 Å². The number of ether oxygens (including phenoxy) is 2. The zero-order valence-electron chi connectivity index (χ0n) is 11.3. The minimum absolute atomic E-state index is 0.0539. The molecule has 0 saturated heterocycles. The molecule has 1 aliphatic heterocycles. The fourth-order valence-corrected chi connectivity index (χ4v) is 2.47. The molecule has 0 amide bonds. The Morgan fingerprint density at radius 3 is 2.50 bits per heavy atom. The van der Waals surface area contributed by atoms with E-state index in [0.29, 0.717) is 49.4 Å². The summed E-state index contributed by atoms with van der Waals surface area (Å²) in [6, 6.07) is 3.76. The molecule has 2 rings (SSSR count). The van der Waals surface area contributed by atoms with Crippen LogP contribution in [0.3, 0.4) is 0 Å². The van der Waals surface area contributed by atoms with Gasteiger partial charge in [-0.25, -0.2) is 0 Å². The van der Waals surface area contributed by atoms with E-state index in [1.54, 1.807) is 0 Å². The maximum atomic E-state index is 9.03. The van der Waals surface area contributed by atoms with Crippen LogP contribution in [0.2, 0.25) is 5.02 Å². The summed E-state index contributed by atoms with van der Waals surface area (Å²) in [5, 5.41) is 18.6. The zero-order chi connectivity index (χ0) is 14.4. The first-order chi connectivity index (χ1) is 9.74. The number of nitrogens with zero attached hydrogens (tertiary/aromatic N) is 1. The third kappa shape index (κ3) is 3.99. The summed E-state index contributed by atoms with van der Waals surface area (Å²) in [6.07, 6.45) is 0.835. The van der Waals surface area contributed by atoms with Gasteiger partial charge in [-0.2, -0.15) is 0 Å². The van der Waals surface area contributed by atoms with Gasteiger partial charge in [-0.1, -0.05) is 11.6 Å². The van der Waals surface area contributed by atoms with Gasteiger partial charge in [0.25, 0.3) is 0 Å². The second kappa shape index (κ2) is 7.69. The van der Waals surface area contributed by atoms with Crippen LogP contribution in [0.15, 0.2) is 12.1 Å². The van der Waals surface area contributed by atoms with Gasteiger partial charge in [-0.05, 0) is 17.7 Å². The number of fused-ring (bicyclic) bond motifs is 1. The Bertz CT molecular complexity index is 435. The highest BCUT2D eigenvalue weighted by Crippen LogP contribution is 2.38. The average Bonchev–Trinajstić information content (AvgIpc) is 2.65. The van der Waals surface area contributed by atoms with Crippen molar-refractivity contribution in [3.8, 4) is 11.5 Å². The van der Waals surface area contributed by atoms with Crippen molar-refractivity contribution >= 4 is 11.6 Å². The van der Waals surface area contributed by atoms with Gasteiger partial charge in [0, 0.05) is 26.1 Å². The Kier molecular flexibility index (Phi) is 5.91. The molecule has 0 aromatic heterocycles. The predicted molar refractivity (Wildman–Crippen MR) is 76.5 cm³/mol. The lowest BCUT2D eigenvalue weighted by molar-refractivity contribution is 0.156. The van der Waals surface area contributed by atoms with Crippen molar-refractivity contribution in [2.24, 2.45) is 0 Å². The number of hydrogen-bond acceptors (Lipinski definition) is 5. The van der Waals surface area contributed by atoms with Crippen molar-refractivity contribution in [3.05, 3.63) is 22.7 Å². The average molecular weight is 302 g/mol. The molecule has 0 saturated carbocycles. The second-order valence-corrected chi connectivity index (χ2v) is 5.09. The molecule has 0 spiro atoms. The topological polar surface area (TPSA) is 62.2 Å². The lowest BCUT2D eigenvalue weighted by Crippen LogP contribution is -2.29. The Morgan fingerprint density at radius 2 is 1.80 bits per heavy atom. The molecule has 0 aliphatic carbocycles. The van der Waals surface area contributed by atoms with E-state index in [1.165, 1.54) is 0 Å². The quantitative estimate of drug-likeness (QED) is 0.829. The minimum Gasteiger partial charge on any atom is -0.489 e. The van der Waals surface area contributed by atoms with E-state index in [4.69, 9.17) is 31.3 Å². The maximum absolute atomic E-state index is 9.03. The summed E-state index contributed by atoms with van der Waals surface area (Å²) in [7, 11) is 0. The summed E-state index contributed by atoms with van der Waals surface area (Å²) >= 11 is 6.24. The lowest BCUT2D eigenvalue weighted by atomic mass is 10.2. The van der Waals surface area contributed by atoms with Crippen molar-refractivity contribution in [1.29, 1.82) is 0 Å². The van der Waals surface area contributed by atoms with Gasteiger partial charge in [-0.3, -0.25) is 4.90 Å². The van der Waals surface area contributed by atoms with Crippen LogP contribution >= 0.6 is 11.6 Å². The van der Waals surface area contributed by atoms with E-state index in [9.17, 15) is 0 Å². The second-order valence-electron chi connectivity index (χ2n) is 4.68. The Balaban J connectivity index is 2.15. The van der Waals surface area contributed by atoms with Crippen LogP contribution in [0.1, 0.15) is 12.0 Å². The standard InChI is InChI=1S/C14H20ClNO4/c15-12-8-11(10-16(2-4-17)3-5-18)9-13-14(12)20-7-1-6-19-13/h8-9,17-18H,1-7,10H2. The van der Waals surface area contributed by atoms with E-state index >= 15 is 0 Å². The molecule has 1 aromatic carbocycles. The number of halogens is 1. The molecule has 5 nitrogen and oxygen atoms in total. The van der Waals surface area contributed by atoms with Crippen LogP contribution in [-0.2, 0) is 6.54 Å². The number of hydrogen-bond donors (Lipinski definition) is 2. The first-order valence-electron chi connectivity index (χ1n) is 6.76. The van der Waals surface area contributed by atoms with E-state index in [0.717, 1.165) is 12.0 Å². The van der Waals surface area contributed by atoms with Crippen LogP contribution in [0.25, 0.3) is 0 Å². The van der Waals surface area contributed by atoms with Crippen LogP contribution in [0.4, 0.5) is 0 Å². The smallest absolute Gasteiger partial charge is 0.179 e. The number of benzene rings is 1. The van der Waals surface area contributed by atoms with Crippen molar-refractivity contribution in [2.75, 3.05) is 39.5 Å². The highest BCUT2D eigenvalue weighted by Gasteiger charge is 2.16. The van der Waals surface area contributed by atoms with Gasteiger partial charge < -0.3 is 19.7 Å². The summed E-state index contributed by atoms with van der Waals surface area (Å²) in [5.74, 6) is 1.27. The summed E-state index contributed by atoms with van der Waals surface area (Å²) in [5.41, 5.74) is 0.973. The number of aliphatic hydroxyl groups is 2. The van der Waals surface area contributed by atoms with Crippen molar-refractivity contribution in [3.63, 3.8) is 0 Å². The number of rotatable bonds is 6. The molecule has 0 unspecified atom stereocenters. The summed E-state index contributed by atoms with van der Waals surface area (Å²) in [4.78, 5) is 1.95. The molecule has 2 N–H and O–H groups in total. The molecule has 0 radical (unpaired) electrons. The highest BCUT2D eigenvalue weighted by atomic mass is 35.5. The number of aliphatic hydroxyl groups excluding tert-OH is 2. The molecule has 0 fully saturated rings. The van der Waals surface area contributed by atoms with Crippen LogP contribution in [-0.4, -0.2) is 54.6 Å². The predicted octanol–water partition coefficient (Wildman–Crippen LogP) is 1.29. The molecule has 1 heterocycles. The third-order valence-corrected chi connectivity index (χ3v) is 3.38. The Hall–Kier alpha value is -1.01. The van der Waals surface area contributed by atoms with Crippen molar-refractivity contribution in [2.45, 2.75) is 13.0 Å². The monoisotopic (exact) mass is 301 g/mol. The van der Waals surface area contributed by atoms with Crippen molar-refractivity contribution < 1.29 is 19.7 Å². The third-order valence-electron chi connectivity index (χ3n) is 3.10. The summed E-state index contributed by atoms with van der Waals surface area (Å²) < 4.78 is 11.2. The maximum Gasteiger partial charge on any atom is 0.179 e. The summed E-state index contributed by atoms with van der Waals surface area (Å²) in [6.45, 7) is 2.93. The van der Waals surface area contributed by atoms with E-state index in [1.807, 2.05) is 17.0 Å². The van der Waals surface area contributed by atoms with Gasteiger partial charge in [0.05, 0.1) is 31.5 Å². The Labute approximate surface area is 123 Å². The first-order valence-corrected chi connectivity index (χ1v) is 7.14. The van der Waals surface area contributed by atoms with Gasteiger partial charge in [0.1, 0.15) is 0 Å². The molecule has 0 bridgehead atoms. The van der Waals surface area contributed by atoms with Crippen LogP contribution in [0.5, 0.6) is 11.5 Å². The van der Waals surface area contributed by atoms with Crippen LogP contribution < -0.4 is 9.47 Å². The van der Waals surface area contributed by atoms with Gasteiger partial charge in [-0.15, -0.1) is 0 Å². The lowest BCUT2D eigenvalue weighted by Gasteiger charge is -2.21. The molecular weight excluding hydrogens is 282 g/mol. The SMILES string of the molecule is OCCN(CCO)Cc1cc(Cl)c2c(c1)OCCCO2. The molecule has 6 heteroatoms. The minimum atomic E-state index is 0.0539. The van der Waals surface area contributed by atoms with Gasteiger partial charge in [0.15, 0.2) is 11.5 Å². The van der Waals surface area contributed by atoms with E-state index < -0.39 is 0 Å².